The summed E-state index contributed by atoms with van der Waals surface area (Å²) in [6.07, 6.45) is 0. The third-order valence-electron chi connectivity index (χ3n) is 5.45. The summed E-state index contributed by atoms with van der Waals surface area (Å²) in [6, 6.07) is 22.7. The van der Waals surface area contributed by atoms with Crippen molar-refractivity contribution in [3.63, 3.8) is 0 Å². The van der Waals surface area contributed by atoms with Gasteiger partial charge in [-0.25, -0.2) is 8.42 Å². The van der Waals surface area contributed by atoms with Crippen molar-refractivity contribution in [3.8, 4) is 0 Å². The zero-order valence-corrected chi connectivity index (χ0v) is 21.2. The van der Waals surface area contributed by atoms with Crippen LogP contribution in [0, 0.1) is 0 Å². The first-order chi connectivity index (χ1) is 16.8. The number of sulfonamides is 1. The topological polar surface area (TPSA) is 86.8 Å². The van der Waals surface area contributed by atoms with E-state index in [0.717, 1.165) is 9.87 Å². The summed E-state index contributed by atoms with van der Waals surface area (Å²) in [6.45, 7) is 3.43. The standard InChI is InChI=1S/C26H28ClN3O4S/c1-3-28-26(32)20(2)29(18-21-12-6-4-7-13-21)25(31)19-30(24-17-11-10-16-23(24)27)35(33,34)22-14-8-5-9-15-22/h4-17,20H,3,18-19H2,1-2H3,(H,28,32)/t20-/m1/s1. The van der Waals surface area contributed by atoms with Crippen LogP contribution >= 0.6 is 11.6 Å². The molecule has 0 aromatic heterocycles. The largest absolute Gasteiger partial charge is 0.355 e. The third kappa shape index (κ3) is 6.41. The molecule has 0 aliphatic heterocycles. The van der Waals surface area contributed by atoms with Gasteiger partial charge in [-0.1, -0.05) is 72.3 Å². The summed E-state index contributed by atoms with van der Waals surface area (Å²) in [5.41, 5.74) is 0.990. The smallest absolute Gasteiger partial charge is 0.264 e. The zero-order chi connectivity index (χ0) is 25.4. The second-order valence-electron chi connectivity index (χ2n) is 7.85. The third-order valence-corrected chi connectivity index (χ3v) is 7.54. The van der Waals surface area contributed by atoms with Gasteiger partial charge in [0.25, 0.3) is 10.0 Å². The molecule has 184 valence electrons. The molecule has 0 aliphatic carbocycles. The van der Waals surface area contributed by atoms with Gasteiger partial charge in [0.1, 0.15) is 12.6 Å². The van der Waals surface area contributed by atoms with E-state index >= 15 is 0 Å². The lowest BCUT2D eigenvalue weighted by atomic mass is 10.1. The number of hydrogen-bond donors (Lipinski definition) is 1. The van der Waals surface area contributed by atoms with E-state index in [9.17, 15) is 18.0 Å². The highest BCUT2D eigenvalue weighted by atomic mass is 35.5. The number of rotatable bonds is 10. The van der Waals surface area contributed by atoms with Gasteiger partial charge < -0.3 is 10.2 Å². The van der Waals surface area contributed by atoms with E-state index in [4.69, 9.17) is 11.6 Å². The normalized spacial score (nSPS) is 12.0. The van der Waals surface area contributed by atoms with Crippen LogP contribution in [0.3, 0.4) is 0 Å². The second-order valence-corrected chi connectivity index (χ2v) is 10.1. The average Bonchev–Trinajstić information content (AvgIpc) is 2.87. The Morgan fingerprint density at radius 1 is 0.914 bits per heavy atom. The number of nitrogens with one attached hydrogen (secondary N) is 1. The minimum Gasteiger partial charge on any atom is -0.355 e. The van der Waals surface area contributed by atoms with Crippen LogP contribution in [0.5, 0.6) is 0 Å². The summed E-state index contributed by atoms with van der Waals surface area (Å²) >= 11 is 6.36. The Morgan fingerprint density at radius 2 is 1.49 bits per heavy atom. The van der Waals surface area contributed by atoms with Crippen LogP contribution in [0.4, 0.5) is 5.69 Å². The van der Waals surface area contributed by atoms with E-state index in [1.165, 1.54) is 17.0 Å². The maximum Gasteiger partial charge on any atom is 0.264 e. The number of carbonyl (C=O) groups is 2. The Balaban J connectivity index is 2.02. The fourth-order valence-corrected chi connectivity index (χ4v) is 5.31. The molecule has 0 saturated heterocycles. The van der Waals surface area contributed by atoms with Crippen LogP contribution in [-0.2, 0) is 26.2 Å². The lowest BCUT2D eigenvalue weighted by molar-refractivity contribution is -0.139. The van der Waals surface area contributed by atoms with Gasteiger partial charge in [-0.05, 0) is 43.7 Å². The fourth-order valence-electron chi connectivity index (χ4n) is 3.57. The fraction of sp³-hybridized carbons (Fsp3) is 0.231. The van der Waals surface area contributed by atoms with E-state index in [0.29, 0.717) is 6.54 Å². The van der Waals surface area contributed by atoms with Crippen molar-refractivity contribution in [1.82, 2.24) is 10.2 Å². The van der Waals surface area contributed by atoms with Crippen LogP contribution in [0.2, 0.25) is 5.02 Å². The van der Waals surface area contributed by atoms with E-state index in [1.54, 1.807) is 56.3 Å². The van der Waals surface area contributed by atoms with Gasteiger partial charge in [0.15, 0.2) is 0 Å². The van der Waals surface area contributed by atoms with Gasteiger partial charge in [-0.2, -0.15) is 0 Å². The molecular formula is C26H28ClN3O4S. The maximum absolute atomic E-state index is 13.7. The summed E-state index contributed by atoms with van der Waals surface area (Å²) in [5.74, 6) is -0.862. The van der Waals surface area contributed by atoms with Crippen LogP contribution < -0.4 is 9.62 Å². The highest BCUT2D eigenvalue weighted by molar-refractivity contribution is 7.92. The van der Waals surface area contributed by atoms with Crippen molar-refractivity contribution in [1.29, 1.82) is 0 Å². The number of hydrogen-bond acceptors (Lipinski definition) is 4. The quantitative estimate of drug-likeness (QED) is 0.442. The van der Waals surface area contributed by atoms with E-state index in [2.05, 4.69) is 5.32 Å². The second kappa shape index (κ2) is 11.9. The van der Waals surface area contributed by atoms with Gasteiger partial charge in [0.2, 0.25) is 11.8 Å². The number of amides is 2. The lowest BCUT2D eigenvalue weighted by Crippen LogP contribution is -2.51. The van der Waals surface area contributed by atoms with Crippen LogP contribution in [0.15, 0.2) is 89.8 Å². The molecular weight excluding hydrogens is 486 g/mol. The van der Waals surface area contributed by atoms with E-state index in [-0.39, 0.29) is 28.1 Å². The molecule has 0 radical (unpaired) electrons. The molecule has 1 atom stereocenters. The maximum atomic E-state index is 13.7. The van der Waals surface area contributed by atoms with Crippen molar-refractivity contribution in [3.05, 3.63) is 95.5 Å². The number of likely N-dealkylation sites (N-methyl/N-ethyl adjacent to an activating group) is 1. The van der Waals surface area contributed by atoms with Gasteiger partial charge in [0.05, 0.1) is 15.6 Å². The van der Waals surface area contributed by atoms with Crippen molar-refractivity contribution in [2.24, 2.45) is 0 Å². The summed E-state index contributed by atoms with van der Waals surface area (Å²) in [4.78, 5) is 27.7. The molecule has 0 saturated carbocycles. The SMILES string of the molecule is CCNC(=O)[C@@H](C)N(Cc1ccccc1)C(=O)CN(c1ccccc1Cl)S(=O)(=O)c1ccccc1. The minimum absolute atomic E-state index is 0.0269. The summed E-state index contributed by atoms with van der Waals surface area (Å²) < 4.78 is 28.2. The van der Waals surface area contributed by atoms with Crippen molar-refractivity contribution in [2.45, 2.75) is 31.3 Å². The van der Waals surface area contributed by atoms with Gasteiger partial charge in [0, 0.05) is 13.1 Å². The van der Waals surface area contributed by atoms with Gasteiger partial charge >= 0.3 is 0 Å². The molecule has 3 rings (SSSR count). The number of benzene rings is 3. The monoisotopic (exact) mass is 513 g/mol. The van der Waals surface area contributed by atoms with E-state index in [1.807, 2.05) is 30.3 Å². The number of carbonyl (C=O) groups excluding carboxylic acids is 2. The highest BCUT2D eigenvalue weighted by Gasteiger charge is 2.33. The first-order valence-electron chi connectivity index (χ1n) is 11.2. The predicted octanol–water partition coefficient (Wildman–Crippen LogP) is 4.09. The van der Waals surface area contributed by atoms with Gasteiger partial charge in [-0.3, -0.25) is 13.9 Å². The van der Waals surface area contributed by atoms with Crippen LogP contribution in [0.25, 0.3) is 0 Å². The van der Waals surface area contributed by atoms with Crippen LogP contribution in [0.1, 0.15) is 19.4 Å². The van der Waals surface area contributed by atoms with Crippen LogP contribution in [-0.4, -0.2) is 44.3 Å². The first-order valence-corrected chi connectivity index (χ1v) is 13.0. The molecule has 0 aliphatic rings. The Bertz CT molecular complexity index is 1250. The Hall–Kier alpha value is -3.36. The molecule has 0 fully saturated rings. The highest BCUT2D eigenvalue weighted by Crippen LogP contribution is 2.30. The average molecular weight is 514 g/mol. The molecule has 1 N–H and O–H groups in total. The summed E-state index contributed by atoms with van der Waals surface area (Å²) in [7, 11) is -4.13. The van der Waals surface area contributed by atoms with Gasteiger partial charge in [-0.15, -0.1) is 0 Å². The molecule has 0 bridgehead atoms. The first kappa shape index (κ1) is 26.2. The molecule has 2 amide bonds. The lowest BCUT2D eigenvalue weighted by Gasteiger charge is -2.32. The summed E-state index contributed by atoms with van der Waals surface area (Å²) in [5, 5.41) is 2.92. The Kier molecular flexibility index (Phi) is 8.89. The predicted molar refractivity (Wildman–Crippen MR) is 138 cm³/mol. The number of halogens is 1. The molecule has 0 heterocycles. The molecule has 0 spiro atoms. The number of nitrogens with zero attached hydrogens (tertiary/aromatic N) is 2. The molecule has 3 aromatic carbocycles. The number of para-hydroxylation sites is 1. The molecule has 7 nitrogen and oxygen atoms in total. The zero-order valence-electron chi connectivity index (χ0n) is 19.6. The molecule has 0 unspecified atom stereocenters. The van der Waals surface area contributed by atoms with Crippen molar-refractivity contribution >= 4 is 39.1 Å². The molecule has 3 aromatic rings. The Labute approximate surface area is 211 Å². The number of anilines is 1. The van der Waals surface area contributed by atoms with Crippen molar-refractivity contribution < 1.29 is 18.0 Å². The molecule has 35 heavy (non-hydrogen) atoms. The van der Waals surface area contributed by atoms with E-state index < -0.39 is 28.5 Å². The Morgan fingerprint density at radius 3 is 2.09 bits per heavy atom. The molecule has 9 heteroatoms. The van der Waals surface area contributed by atoms with Crippen molar-refractivity contribution in [2.75, 3.05) is 17.4 Å². The minimum atomic E-state index is -4.13.